The summed E-state index contributed by atoms with van der Waals surface area (Å²) in [6.45, 7) is 1.57. The number of aromatic nitrogens is 2. The SMILES string of the molecule is O=C(O)[N+]1([O-])CCC2(CCc3nn(C4CCOC4)cc3O2)CC1. The number of piperidine rings is 1. The number of rotatable bonds is 1. The standard InChI is InChI=1S/C15H21N3O5/c19-14(20)18(21)6-4-15(5-7-18)3-1-12-13(23-15)9-17(16-12)11-2-8-22-10-11/h9,11H,1-8,10H2,(H,19,20). The minimum absolute atomic E-state index is 0.0648. The Morgan fingerprint density at radius 1 is 1.43 bits per heavy atom. The molecule has 0 aromatic carbocycles. The van der Waals surface area contributed by atoms with Crippen LogP contribution in [-0.4, -0.2) is 57.5 Å². The van der Waals surface area contributed by atoms with Crippen LogP contribution < -0.4 is 4.74 Å². The number of nitrogens with zero attached hydrogens (tertiary/aromatic N) is 3. The quantitative estimate of drug-likeness (QED) is 0.624. The second-order valence-corrected chi connectivity index (χ2v) is 6.84. The minimum atomic E-state index is -1.30. The van der Waals surface area contributed by atoms with Crippen molar-refractivity contribution in [2.24, 2.45) is 0 Å². The van der Waals surface area contributed by atoms with Crippen molar-refractivity contribution in [3.8, 4) is 5.75 Å². The van der Waals surface area contributed by atoms with Gasteiger partial charge in [-0.05, 0) is 19.3 Å². The van der Waals surface area contributed by atoms with E-state index in [1.54, 1.807) is 0 Å². The van der Waals surface area contributed by atoms with Crippen LogP contribution in [0.15, 0.2) is 6.20 Å². The Balaban J connectivity index is 1.49. The van der Waals surface area contributed by atoms with Crippen molar-refractivity contribution in [2.45, 2.75) is 43.7 Å². The zero-order valence-electron chi connectivity index (χ0n) is 12.9. The Morgan fingerprint density at radius 2 is 2.22 bits per heavy atom. The fraction of sp³-hybridized carbons (Fsp3) is 0.733. The van der Waals surface area contributed by atoms with Gasteiger partial charge in [-0.25, -0.2) is 0 Å². The van der Waals surface area contributed by atoms with Gasteiger partial charge < -0.3 is 19.8 Å². The summed E-state index contributed by atoms with van der Waals surface area (Å²) in [4.78, 5) is 11.1. The number of carboxylic acid groups (broad SMARTS) is 1. The number of likely N-dealkylation sites (tertiary alicyclic amines) is 1. The van der Waals surface area contributed by atoms with Gasteiger partial charge in [0.15, 0.2) is 5.75 Å². The van der Waals surface area contributed by atoms with Gasteiger partial charge in [0.05, 0.1) is 31.9 Å². The van der Waals surface area contributed by atoms with E-state index >= 15 is 0 Å². The zero-order valence-corrected chi connectivity index (χ0v) is 12.9. The van der Waals surface area contributed by atoms with Gasteiger partial charge in [0.25, 0.3) is 0 Å². The Hall–Kier alpha value is -1.64. The molecule has 4 heterocycles. The maximum absolute atomic E-state index is 12.1. The largest absolute Gasteiger partial charge is 0.622 e. The van der Waals surface area contributed by atoms with Crippen molar-refractivity contribution in [3.63, 3.8) is 0 Å². The third-order valence-corrected chi connectivity index (χ3v) is 5.40. The molecule has 2 fully saturated rings. The van der Waals surface area contributed by atoms with Crippen molar-refractivity contribution in [3.05, 3.63) is 17.1 Å². The molecule has 8 nitrogen and oxygen atoms in total. The molecule has 3 aliphatic rings. The number of aryl methyl sites for hydroxylation is 1. The molecule has 2 saturated heterocycles. The molecular weight excluding hydrogens is 302 g/mol. The molecule has 1 aromatic rings. The van der Waals surface area contributed by atoms with E-state index in [1.807, 2.05) is 10.9 Å². The molecule has 8 heteroatoms. The van der Waals surface area contributed by atoms with Crippen LogP contribution in [0.3, 0.4) is 0 Å². The van der Waals surface area contributed by atoms with Gasteiger partial charge in [0.1, 0.15) is 11.3 Å². The molecule has 1 amide bonds. The van der Waals surface area contributed by atoms with Crippen LogP contribution in [-0.2, 0) is 11.2 Å². The average molecular weight is 323 g/mol. The van der Waals surface area contributed by atoms with Gasteiger partial charge in [-0.15, -0.1) is 0 Å². The number of hydrogen-bond donors (Lipinski definition) is 1. The first-order valence-electron chi connectivity index (χ1n) is 8.16. The van der Waals surface area contributed by atoms with E-state index in [2.05, 4.69) is 5.10 Å². The molecule has 0 aliphatic carbocycles. The van der Waals surface area contributed by atoms with E-state index in [9.17, 15) is 10.0 Å². The molecule has 0 bridgehead atoms. The van der Waals surface area contributed by atoms with Crippen molar-refractivity contribution in [2.75, 3.05) is 26.3 Å². The van der Waals surface area contributed by atoms with Crippen LogP contribution in [0.2, 0.25) is 0 Å². The summed E-state index contributed by atoms with van der Waals surface area (Å²) in [5.41, 5.74) is 0.545. The molecule has 23 heavy (non-hydrogen) atoms. The highest BCUT2D eigenvalue weighted by Gasteiger charge is 2.46. The van der Waals surface area contributed by atoms with Gasteiger partial charge in [-0.3, -0.25) is 9.33 Å². The average Bonchev–Trinajstić information content (AvgIpc) is 3.19. The Morgan fingerprint density at radius 3 is 2.87 bits per heavy atom. The summed E-state index contributed by atoms with van der Waals surface area (Å²) in [7, 11) is 0. The van der Waals surface area contributed by atoms with Crippen LogP contribution in [0.25, 0.3) is 0 Å². The highest BCUT2D eigenvalue weighted by molar-refractivity contribution is 5.57. The fourth-order valence-corrected chi connectivity index (χ4v) is 3.77. The molecule has 1 aromatic heterocycles. The lowest BCUT2D eigenvalue weighted by Crippen LogP contribution is -2.58. The summed E-state index contributed by atoms with van der Waals surface area (Å²) in [5.74, 6) is 0.782. The lowest BCUT2D eigenvalue weighted by molar-refractivity contribution is -0.815. The highest BCUT2D eigenvalue weighted by atomic mass is 16.6. The molecule has 1 spiro atoms. The minimum Gasteiger partial charge on any atom is -0.622 e. The van der Waals surface area contributed by atoms with Crippen molar-refractivity contribution < 1.29 is 24.0 Å². The summed E-state index contributed by atoms with van der Waals surface area (Å²) < 4.78 is 12.4. The number of fused-ring (bicyclic) bond motifs is 1. The van der Waals surface area contributed by atoms with E-state index in [-0.39, 0.29) is 19.1 Å². The van der Waals surface area contributed by atoms with Crippen LogP contribution in [0, 0.1) is 5.21 Å². The normalized spacial score (nSPS) is 36.7. The molecule has 1 atom stereocenters. The number of hydroxylamine groups is 3. The highest BCUT2D eigenvalue weighted by Crippen LogP contribution is 2.40. The van der Waals surface area contributed by atoms with E-state index in [4.69, 9.17) is 14.6 Å². The molecule has 1 N–H and O–H groups in total. The maximum Gasteiger partial charge on any atom is 0.513 e. The predicted octanol–water partition coefficient (Wildman–Crippen LogP) is 1.69. The Bertz CT molecular complexity index is 615. The predicted molar refractivity (Wildman–Crippen MR) is 79.0 cm³/mol. The lowest BCUT2D eigenvalue weighted by Gasteiger charge is -2.48. The topological polar surface area (TPSA) is 96.6 Å². The fourth-order valence-electron chi connectivity index (χ4n) is 3.77. The number of carbonyl (C=O) groups is 1. The molecule has 3 aliphatic heterocycles. The number of hydrogen-bond acceptors (Lipinski definition) is 5. The van der Waals surface area contributed by atoms with Crippen LogP contribution in [0.5, 0.6) is 5.75 Å². The molecule has 0 saturated carbocycles. The third kappa shape index (κ3) is 2.50. The first-order valence-corrected chi connectivity index (χ1v) is 8.16. The first kappa shape index (κ1) is 14.9. The van der Waals surface area contributed by atoms with Gasteiger partial charge in [-0.1, -0.05) is 0 Å². The molecule has 1 unspecified atom stereocenters. The van der Waals surface area contributed by atoms with Crippen LogP contribution in [0.4, 0.5) is 4.79 Å². The summed E-state index contributed by atoms with van der Waals surface area (Å²) in [5, 5.41) is 25.8. The van der Waals surface area contributed by atoms with Gasteiger partial charge >= 0.3 is 6.09 Å². The molecule has 4 rings (SSSR count). The van der Waals surface area contributed by atoms with Crippen molar-refractivity contribution in [1.29, 1.82) is 0 Å². The number of amides is 1. The summed E-state index contributed by atoms with van der Waals surface area (Å²) in [6.07, 6.45) is 4.13. The van der Waals surface area contributed by atoms with Crippen LogP contribution in [0.1, 0.15) is 37.4 Å². The van der Waals surface area contributed by atoms with E-state index < -0.39 is 16.3 Å². The number of ether oxygens (including phenoxy) is 2. The second kappa shape index (κ2) is 5.19. The maximum atomic E-state index is 12.1. The summed E-state index contributed by atoms with van der Waals surface area (Å²) >= 11 is 0. The second-order valence-electron chi connectivity index (χ2n) is 6.84. The monoisotopic (exact) mass is 323 g/mol. The van der Waals surface area contributed by atoms with E-state index in [0.717, 1.165) is 37.3 Å². The number of quaternary nitrogens is 1. The Labute approximate surface area is 133 Å². The van der Waals surface area contributed by atoms with Gasteiger partial charge in [0.2, 0.25) is 0 Å². The van der Waals surface area contributed by atoms with Gasteiger partial charge in [-0.2, -0.15) is 9.89 Å². The first-order chi connectivity index (χ1) is 11.0. The Kier molecular flexibility index (Phi) is 3.36. The van der Waals surface area contributed by atoms with Crippen LogP contribution >= 0.6 is 0 Å². The molecular formula is C15H21N3O5. The van der Waals surface area contributed by atoms with Crippen molar-refractivity contribution >= 4 is 6.09 Å². The smallest absolute Gasteiger partial charge is 0.513 e. The van der Waals surface area contributed by atoms with E-state index in [0.29, 0.717) is 19.4 Å². The molecule has 0 radical (unpaired) electrons. The van der Waals surface area contributed by atoms with Gasteiger partial charge in [0, 0.05) is 19.4 Å². The summed E-state index contributed by atoms with van der Waals surface area (Å²) in [6, 6.07) is 0.268. The van der Waals surface area contributed by atoms with Crippen molar-refractivity contribution in [1.82, 2.24) is 9.78 Å². The lowest BCUT2D eigenvalue weighted by atomic mass is 9.84. The third-order valence-electron chi connectivity index (χ3n) is 5.40. The molecule has 126 valence electrons. The zero-order chi connectivity index (χ0) is 16.1. The van der Waals surface area contributed by atoms with E-state index in [1.165, 1.54) is 0 Å².